The first-order valence-corrected chi connectivity index (χ1v) is 25.3. The average molecular weight is 727 g/mol. The number of methoxy groups -OCH3 is 1. The van der Waals surface area contributed by atoms with Gasteiger partial charge in [0, 0.05) is 23.7 Å². The molecule has 0 radical (unpaired) electrons. The summed E-state index contributed by atoms with van der Waals surface area (Å²) < 4.78 is 25.3. The molecule has 0 amide bonds. The van der Waals surface area contributed by atoms with Crippen LogP contribution in [0.2, 0.25) is 36.3 Å². The van der Waals surface area contributed by atoms with Gasteiger partial charge in [-0.1, -0.05) is 93.2 Å². The third-order valence-electron chi connectivity index (χ3n) is 10.4. The van der Waals surface area contributed by atoms with E-state index in [1.54, 1.807) is 11.8 Å². The van der Waals surface area contributed by atoms with Gasteiger partial charge in [0.2, 0.25) is 0 Å². The number of thioether (sulfide) groups is 1. The van der Waals surface area contributed by atoms with Crippen molar-refractivity contribution in [2.45, 2.75) is 182 Å². The molecular weight excluding hydrogens is 653 g/mol. The summed E-state index contributed by atoms with van der Waals surface area (Å²) in [5.41, 5.74) is -0.614. The molecule has 0 aromatic rings. The molecule has 1 aliphatic carbocycles. The summed E-state index contributed by atoms with van der Waals surface area (Å²) in [5.74, 6) is 1.79. The van der Waals surface area contributed by atoms with Gasteiger partial charge in [-0.05, 0) is 88.0 Å². The van der Waals surface area contributed by atoms with Crippen LogP contribution in [0.5, 0.6) is 0 Å². The summed E-state index contributed by atoms with van der Waals surface area (Å²) in [6, 6.07) is 0. The number of rotatable bonds is 19. The smallest absolute Gasteiger partial charge is 0.316 e. The van der Waals surface area contributed by atoms with Gasteiger partial charge in [-0.15, -0.1) is 11.8 Å². The molecule has 0 aliphatic heterocycles. The molecule has 0 fully saturated rings. The Hall–Kier alpha value is -0.876. The van der Waals surface area contributed by atoms with Crippen molar-refractivity contribution in [2.24, 2.45) is 17.3 Å². The Balaban J connectivity index is 3.60. The molecule has 0 spiro atoms. The molecule has 1 rings (SSSR count). The molecule has 0 aromatic heterocycles. The monoisotopic (exact) mass is 726 g/mol. The Morgan fingerprint density at radius 1 is 0.917 bits per heavy atom. The summed E-state index contributed by atoms with van der Waals surface area (Å²) in [6.07, 6.45) is 12.9. The minimum absolute atomic E-state index is 0.0111. The molecule has 0 saturated carbocycles. The van der Waals surface area contributed by atoms with Gasteiger partial charge in [-0.3, -0.25) is 9.59 Å². The van der Waals surface area contributed by atoms with E-state index in [4.69, 9.17) is 18.3 Å². The zero-order valence-electron chi connectivity index (χ0n) is 33.9. The molecule has 4 atom stereocenters. The first-order chi connectivity index (χ1) is 21.9. The number of unbranched alkanes of at least 4 members (excludes halogenated alkanes) is 3. The number of esters is 2. The Morgan fingerprint density at radius 2 is 1.52 bits per heavy atom. The summed E-state index contributed by atoms with van der Waals surface area (Å²) in [4.78, 5) is 26.0. The fourth-order valence-corrected chi connectivity index (χ4v) is 8.95. The molecule has 0 bridgehead atoms. The minimum atomic E-state index is -2.15. The molecule has 280 valence electrons. The summed E-state index contributed by atoms with van der Waals surface area (Å²) in [6.45, 7) is 33.4. The van der Waals surface area contributed by atoms with Gasteiger partial charge in [0.1, 0.15) is 5.76 Å². The largest absolute Gasteiger partial charge is 0.469 e. The normalized spacial score (nSPS) is 19.6. The molecule has 0 heterocycles. The third kappa shape index (κ3) is 14.8. The quantitative estimate of drug-likeness (QED) is 0.0568. The van der Waals surface area contributed by atoms with Crippen LogP contribution in [-0.2, 0) is 27.9 Å². The second-order valence-electron chi connectivity index (χ2n) is 18.1. The zero-order valence-corrected chi connectivity index (χ0v) is 36.7. The predicted molar refractivity (Wildman–Crippen MR) is 210 cm³/mol. The van der Waals surface area contributed by atoms with Gasteiger partial charge in [0.15, 0.2) is 16.6 Å². The van der Waals surface area contributed by atoms with Crippen LogP contribution >= 0.6 is 11.8 Å². The van der Waals surface area contributed by atoms with E-state index in [1.165, 1.54) is 26.4 Å². The molecule has 48 heavy (non-hydrogen) atoms. The van der Waals surface area contributed by atoms with Crippen molar-refractivity contribution in [3.8, 4) is 0 Å². The van der Waals surface area contributed by atoms with E-state index in [-0.39, 0.29) is 40.1 Å². The molecule has 0 N–H and O–H groups in total. The predicted octanol–water partition coefficient (Wildman–Crippen LogP) is 11.8. The van der Waals surface area contributed by atoms with Gasteiger partial charge in [0.25, 0.3) is 0 Å². The zero-order chi connectivity index (χ0) is 37.1. The fraction of sp³-hybridized carbons (Fsp3) is 0.846. The highest BCUT2D eigenvalue weighted by molar-refractivity contribution is 8.03. The van der Waals surface area contributed by atoms with E-state index < -0.39 is 22.0 Å². The van der Waals surface area contributed by atoms with E-state index in [9.17, 15) is 9.59 Å². The van der Waals surface area contributed by atoms with Gasteiger partial charge in [0.05, 0.1) is 24.7 Å². The van der Waals surface area contributed by atoms with Gasteiger partial charge in [-0.2, -0.15) is 0 Å². The number of carbonyl (C=O) groups is 2. The van der Waals surface area contributed by atoms with Crippen molar-refractivity contribution < 1.29 is 27.9 Å². The summed E-state index contributed by atoms with van der Waals surface area (Å²) >= 11 is 1.79. The summed E-state index contributed by atoms with van der Waals surface area (Å²) in [7, 11) is -2.75. The highest BCUT2D eigenvalue weighted by Gasteiger charge is 2.45. The molecule has 0 unspecified atom stereocenters. The van der Waals surface area contributed by atoms with Crippen LogP contribution in [0.25, 0.3) is 0 Å². The second-order valence-corrected chi connectivity index (χ2v) is 28.7. The molecule has 0 aromatic carbocycles. The van der Waals surface area contributed by atoms with E-state index in [1.807, 2.05) is 20.8 Å². The van der Waals surface area contributed by atoms with Gasteiger partial charge < -0.3 is 18.3 Å². The summed E-state index contributed by atoms with van der Waals surface area (Å²) in [5, 5.41) is 0.151. The first kappa shape index (κ1) is 45.1. The average Bonchev–Trinajstić information content (AvgIpc) is 3.24. The van der Waals surface area contributed by atoms with Crippen LogP contribution < -0.4 is 0 Å². The van der Waals surface area contributed by atoms with Gasteiger partial charge >= 0.3 is 11.9 Å². The Bertz CT molecular complexity index is 1080. The number of hydrogen-bond acceptors (Lipinski definition) is 7. The molecule has 1 aliphatic rings. The van der Waals surface area contributed by atoms with Crippen LogP contribution in [0.4, 0.5) is 0 Å². The van der Waals surface area contributed by atoms with Crippen molar-refractivity contribution >= 4 is 40.3 Å². The standard InChI is InChI=1S/C39H74O6SSi2/c1-17-18-22-29(2)27-30(44-47(13,14)38(6,7)8)24-25-31-32(45-48(15,16)39(9,10)11)28-33(43-36(41)37(3,4)5)35(31)46-26-21-19-20-23-34(40)42-12/h24-25,29-32H,17-23,26-28H2,1-16H3/t29-,30-,31+,32-/m1/s1. The first-order valence-electron chi connectivity index (χ1n) is 18.5. The second kappa shape index (κ2) is 19.1. The Labute approximate surface area is 302 Å². The van der Waals surface area contributed by atoms with Gasteiger partial charge in [-0.25, -0.2) is 0 Å². The Kier molecular flexibility index (Phi) is 18.0. The van der Waals surface area contributed by atoms with Crippen LogP contribution in [-0.4, -0.2) is 53.6 Å². The van der Waals surface area contributed by atoms with Crippen LogP contribution in [0.3, 0.4) is 0 Å². The SMILES string of the molecule is CCCC[C@@H](C)C[C@@H](C=C[C@@H]1C(SCCCCCC(=O)OC)=C(OC(=O)C(C)(C)C)C[C@H]1O[Si](C)(C)C(C)(C)C)O[Si](C)(C)C(C)(C)C. The molecule has 6 nitrogen and oxygen atoms in total. The van der Waals surface area contributed by atoms with E-state index in [0.717, 1.165) is 42.1 Å². The van der Waals surface area contributed by atoms with Crippen molar-refractivity contribution in [1.82, 2.24) is 0 Å². The molecule has 0 saturated heterocycles. The lowest BCUT2D eigenvalue weighted by atomic mass is 9.96. The van der Waals surface area contributed by atoms with Crippen molar-refractivity contribution in [1.29, 1.82) is 0 Å². The Morgan fingerprint density at radius 3 is 2.04 bits per heavy atom. The van der Waals surface area contributed by atoms with E-state index in [0.29, 0.717) is 18.8 Å². The lowest BCUT2D eigenvalue weighted by Crippen LogP contribution is -2.45. The van der Waals surface area contributed by atoms with Crippen LogP contribution in [0, 0.1) is 17.3 Å². The lowest BCUT2D eigenvalue weighted by Gasteiger charge is -2.40. The third-order valence-corrected chi connectivity index (χ3v) is 20.7. The fourth-order valence-electron chi connectivity index (χ4n) is 5.04. The number of carbonyl (C=O) groups excluding carboxylic acids is 2. The maximum atomic E-state index is 13.3. The van der Waals surface area contributed by atoms with Crippen molar-refractivity contribution in [3.05, 3.63) is 22.8 Å². The van der Waals surface area contributed by atoms with Crippen LogP contribution in [0.15, 0.2) is 22.8 Å². The topological polar surface area (TPSA) is 71.1 Å². The minimum Gasteiger partial charge on any atom is -0.469 e. The van der Waals surface area contributed by atoms with Crippen molar-refractivity contribution in [2.75, 3.05) is 12.9 Å². The maximum absolute atomic E-state index is 13.3. The van der Waals surface area contributed by atoms with Crippen molar-refractivity contribution in [3.63, 3.8) is 0 Å². The highest BCUT2D eigenvalue weighted by Crippen LogP contribution is 2.47. The highest BCUT2D eigenvalue weighted by atomic mass is 32.2. The number of hydrogen-bond donors (Lipinski definition) is 0. The van der Waals surface area contributed by atoms with Crippen LogP contribution in [0.1, 0.15) is 134 Å². The molecular formula is C39H74O6SSi2. The number of ether oxygens (including phenoxy) is 2. The lowest BCUT2D eigenvalue weighted by molar-refractivity contribution is -0.148. The van der Waals surface area contributed by atoms with E-state index >= 15 is 0 Å². The van der Waals surface area contributed by atoms with E-state index in [2.05, 4.69) is 93.7 Å². The maximum Gasteiger partial charge on any atom is 0.316 e. The molecule has 9 heteroatoms.